The molecule has 2 heteroatoms. The molecule has 2 aromatic carbocycles. The van der Waals surface area contributed by atoms with Crippen molar-refractivity contribution in [2.24, 2.45) is 0 Å². The standard InChI is InChI=1S/C14H11NO.C2H6/c15-10-13-8-4-5-9-14(13)16-11-12-6-2-1-3-7-12;1-2/h1-9H,11H2;1-2H3. The number of hydrogen-bond acceptors (Lipinski definition) is 2. The van der Waals surface area contributed by atoms with E-state index in [9.17, 15) is 0 Å². The van der Waals surface area contributed by atoms with Crippen LogP contribution in [0, 0.1) is 11.3 Å². The molecule has 0 aliphatic heterocycles. The highest BCUT2D eigenvalue weighted by atomic mass is 16.5. The monoisotopic (exact) mass is 239 g/mol. The third-order valence-electron chi connectivity index (χ3n) is 2.24. The first-order valence-electron chi connectivity index (χ1n) is 6.06. The molecule has 0 heterocycles. The fourth-order valence-corrected chi connectivity index (χ4v) is 1.42. The second-order valence-corrected chi connectivity index (χ2v) is 3.38. The number of hydrogen-bond donors (Lipinski definition) is 0. The quantitative estimate of drug-likeness (QED) is 0.805. The molecule has 0 aromatic heterocycles. The van der Waals surface area contributed by atoms with Crippen molar-refractivity contribution >= 4 is 0 Å². The molecule has 0 bridgehead atoms. The molecule has 2 nitrogen and oxygen atoms in total. The SMILES string of the molecule is CC.N#Cc1ccccc1OCc1ccccc1. The van der Waals surface area contributed by atoms with Crippen LogP contribution in [0.5, 0.6) is 5.75 Å². The Morgan fingerprint density at radius 1 is 0.944 bits per heavy atom. The zero-order valence-corrected chi connectivity index (χ0v) is 10.8. The smallest absolute Gasteiger partial charge is 0.137 e. The van der Waals surface area contributed by atoms with Crippen LogP contribution in [-0.2, 0) is 6.61 Å². The summed E-state index contributed by atoms with van der Waals surface area (Å²) in [5.74, 6) is 0.633. The Morgan fingerprint density at radius 3 is 2.22 bits per heavy atom. The second kappa shape index (κ2) is 7.92. The number of nitrogens with zero attached hydrogens (tertiary/aromatic N) is 1. The van der Waals surface area contributed by atoms with E-state index in [1.54, 1.807) is 6.07 Å². The van der Waals surface area contributed by atoms with E-state index in [4.69, 9.17) is 10.00 Å². The summed E-state index contributed by atoms with van der Waals surface area (Å²) in [6.07, 6.45) is 0. The lowest BCUT2D eigenvalue weighted by Gasteiger charge is -2.07. The van der Waals surface area contributed by atoms with Crippen molar-refractivity contribution in [3.05, 3.63) is 65.7 Å². The molecular formula is C16H17NO. The van der Waals surface area contributed by atoms with Crippen LogP contribution in [0.3, 0.4) is 0 Å². The minimum Gasteiger partial charge on any atom is -0.488 e. The van der Waals surface area contributed by atoms with Gasteiger partial charge in [-0.3, -0.25) is 0 Å². The van der Waals surface area contributed by atoms with Gasteiger partial charge in [0.25, 0.3) is 0 Å². The zero-order chi connectivity index (χ0) is 13.2. The summed E-state index contributed by atoms with van der Waals surface area (Å²) in [4.78, 5) is 0. The van der Waals surface area contributed by atoms with E-state index < -0.39 is 0 Å². The Labute approximate surface area is 108 Å². The Hall–Kier alpha value is -2.27. The molecule has 0 aliphatic carbocycles. The lowest BCUT2D eigenvalue weighted by Crippen LogP contribution is -1.96. The van der Waals surface area contributed by atoms with E-state index in [2.05, 4.69) is 6.07 Å². The topological polar surface area (TPSA) is 33.0 Å². The molecule has 0 unspecified atom stereocenters. The van der Waals surface area contributed by atoms with E-state index in [0.717, 1.165) is 5.56 Å². The van der Waals surface area contributed by atoms with Crippen molar-refractivity contribution in [1.29, 1.82) is 5.26 Å². The largest absolute Gasteiger partial charge is 0.488 e. The molecular weight excluding hydrogens is 222 g/mol. The molecule has 0 aliphatic rings. The first-order chi connectivity index (χ1) is 8.90. The molecule has 92 valence electrons. The lowest BCUT2D eigenvalue weighted by atomic mass is 10.2. The van der Waals surface area contributed by atoms with Crippen molar-refractivity contribution in [1.82, 2.24) is 0 Å². The highest BCUT2D eigenvalue weighted by Crippen LogP contribution is 2.17. The number of para-hydroxylation sites is 1. The summed E-state index contributed by atoms with van der Waals surface area (Å²) < 4.78 is 5.59. The van der Waals surface area contributed by atoms with Gasteiger partial charge in [0.05, 0.1) is 5.56 Å². The van der Waals surface area contributed by atoms with Gasteiger partial charge >= 0.3 is 0 Å². The first-order valence-corrected chi connectivity index (χ1v) is 6.06. The minimum atomic E-state index is 0.486. The van der Waals surface area contributed by atoms with E-state index in [0.29, 0.717) is 17.9 Å². The molecule has 0 fully saturated rings. The van der Waals surface area contributed by atoms with Crippen molar-refractivity contribution in [2.75, 3.05) is 0 Å². The predicted octanol–water partition coefficient (Wildman–Crippen LogP) is 4.16. The maximum absolute atomic E-state index is 8.89. The van der Waals surface area contributed by atoms with Gasteiger partial charge in [-0.1, -0.05) is 56.3 Å². The van der Waals surface area contributed by atoms with Crippen LogP contribution in [0.25, 0.3) is 0 Å². The van der Waals surface area contributed by atoms with Crippen LogP contribution in [0.2, 0.25) is 0 Å². The van der Waals surface area contributed by atoms with E-state index in [1.807, 2.05) is 62.4 Å². The van der Waals surface area contributed by atoms with E-state index in [-0.39, 0.29) is 0 Å². The molecule has 0 N–H and O–H groups in total. The molecule has 0 atom stereocenters. The average Bonchev–Trinajstić information content (AvgIpc) is 2.48. The van der Waals surface area contributed by atoms with Gasteiger partial charge in [0.1, 0.15) is 18.4 Å². The second-order valence-electron chi connectivity index (χ2n) is 3.38. The summed E-state index contributed by atoms with van der Waals surface area (Å²) in [6, 6.07) is 19.2. The van der Waals surface area contributed by atoms with Gasteiger partial charge in [-0.25, -0.2) is 0 Å². The molecule has 0 spiro atoms. The van der Waals surface area contributed by atoms with Crippen molar-refractivity contribution in [2.45, 2.75) is 20.5 Å². The molecule has 18 heavy (non-hydrogen) atoms. The molecule has 0 amide bonds. The van der Waals surface area contributed by atoms with Gasteiger partial charge in [0.2, 0.25) is 0 Å². The summed E-state index contributed by atoms with van der Waals surface area (Å²) in [7, 11) is 0. The van der Waals surface area contributed by atoms with Gasteiger partial charge in [-0.15, -0.1) is 0 Å². The van der Waals surface area contributed by atoms with E-state index >= 15 is 0 Å². The predicted molar refractivity (Wildman–Crippen MR) is 73.3 cm³/mol. The van der Waals surface area contributed by atoms with Crippen LogP contribution < -0.4 is 4.74 Å². The molecule has 0 radical (unpaired) electrons. The van der Waals surface area contributed by atoms with Crippen LogP contribution in [0.1, 0.15) is 25.0 Å². The van der Waals surface area contributed by atoms with Crippen LogP contribution in [-0.4, -0.2) is 0 Å². The normalized spacial score (nSPS) is 8.72. The molecule has 2 rings (SSSR count). The third kappa shape index (κ3) is 3.95. The zero-order valence-electron chi connectivity index (χ0n) is 10.8. The summed E-state index contributed by atoms with van der Waals surface area (Å²) >= 11 is 0. The number of ether oxygens (including phenoxy) is 1. The minimum absolute atomic E-state index is 0.486. The van der Waals surface area contributed by atoms with Crippen molar-refractivity contribution < 1.29 is 4.74 Å². The third-order valence-corrected chi connectivity index (χ3v) is 2.24. The van der Waals surface area contributed by atoms with Gasteiger partial charge in [-0.05, 0) is 17.7 Å². The summed E-state index contributed by atoms with van der Waals surface area (Å²) in [6.45, 7) is 4.49. The van der Waals surface area contributed by atoms with Crippen molar-refractivity contribution in [3.8, 4) is 11.8 Å². The Morgan fingerprint density at radius 2 is 1.56 bits per heavy atom. The first kappa shape index (κ1) is 13.8. The Kier molecular flexibility index (Phi) is 6.07. The fourth-order valence-electron chi connectivity index (χ4n) is 1.42. The fraction of sp³-hybridized carbons (Fsp3) is 0.188. The molecule has 0 saturated heterocycles. The summed E-state index contributed by atoms with van der Waals surface area (Å²) in [5, 5.41) is 8.89. The highest BCUT2D eigenvalue weighted by Gasteiger charge is 2.01. The number of nitriles is 1. The number of benzene rings is 2. The summed E-state index contributed by atoms with van der Waals surface area (Å²) in [5.41, 5.74) is 1.66. The van der Waals surface area contributed by atoms with Gasteiger partial charge in [-0.2, -0.15) is 5.26 Å². The average molecular weight is 239 g/mol. The number of rotatable bonds is 3. The van der Waals surface area contributed by atoms with Crippen molar-refractivity contribution in [3.63, 3.8) is 0 Å². The van der Waals surface area contributed by atoms with Crippen LogP contribution in [0.15, 0.2) is 54.6 Å². The lowest BCUT2D eigenvalue weighted by molar-refractivity contribution is 0.305. The van der Waals surface area contributed by atoms with Gasteiger partial charge < -0.3 is 4.74 Å². The highest BCUT2D eigenvalue weighted by molar-refractivity contribution is 5.42. The van der Waals surface area contributed by atoms with Gasteiger partial charge in [0.15, 0.2) is 0 Å². The van der Waals surface area contributed by atoms with Gasteiger partial charge in [0, 0.05) is 0 Å². The Balaban J connectivity index is 0.000000771. The molecule has 2 aromatic rings. The Bertz CT molecular complexity index is 500. The van der Waals surface area contributed by atoms with Crippen LogP contribution >= 0.6 is 0 Å². The maximum atomic E-state index is 8.89. The molecule has 0 saturated carbocycles. The maximum Gasteiger partial charge on any atom is 0.137 e. The van der Waals surface area contributed by atoms with Crippen LogP contribution in [0.4, 0.5) is 0 Å². The van der Waals surface area contributed by atoms with E-state index in [1.165, 1.54) is 0 Å².